The zero-order valence-electron chi connectivity index (χ0n) is 10.6. The average molecular weight is 315 g/mol. The lowest BCUT2D eigenvalue weighted by Crippen LogP contribution is -2.38. The molecule has 20 heavy (non-hydrogen) atoms. The van der Waals surface area contributed by atoms with E-state index in [1.807, 2.05) is 0 Å². The van der Waals surface area contributed by atoms with Gasteiger partial charge >= 0.3 is 12.1 Å². The fourth-order valence-electron chi connectivity index (χ4n) is 1.53. The minimum atomic E-state index is -4.70. The van der Waals surface area contributed by atoms with Gasteiger partial charge in [0.15, 0.2) is 0 Å². The number of rotatable bonds is 5. The molecule has 1 heterocycles. The van der Waals surface area contributed by atoms with Crippen LogP contribution in [0.25, 0.3) is 0 Å². The van der Waals surface area contributed by atoms with E-state index in [1.54, 1.807) is 0 Å². The molecule has 0 aliphatic heterocycles. The summed E-state index contributed by atoms with van der Waals surface area (Å²) in [5, 5.41) is 8.69. The van der Waals surface area contributed by atoms with Crippen molar-refractivity contribution in [1.82, 2.24) is 4.31 Å². The number of hydrogen-bond acceptors (Lipinski definition) is 4. The Balaban J connectivity index is 3.24. The van der Waals surface area contributed by atoms with Crippen LogP contribution in [0.2, 0.25) is 0 Å². The van der Waals surface area contributed by atoms with Gasteiger partial charge in [0.25, 0.3) is 0 Å². The van der Waals surface area contributed by atoms with Crippen molar-refractivity contribution in [1.29, 1.82) is 0 Å². The lowest BCUT2D eigenvalue weighted by atomic mass is 10.4. The van der Waals surface area contributed by atoms with E-state index in [2.05, 4.69) is 0 Å². The highest BCUT2D eigenvalue weighted by Gasteiger charge is 2.37. The molecule has 6 nitrogen and oxygen atoms in total. The van der Waals surface area contributed by atoms with Gasteiger partial charge in [-0.15, -0.1) is 0 Å². The number of aromatic carboxylic acids is 1. The molecular weight excluding hydrogens is 303 g/mol. The van der Waals surface area contributed by atoms with Crippen molar-refractivity contribution < 1.29 is 35.9 Å². The van der Waals surface area contributed by atoms with E-state index in [4.69, 9.17) is 9.52 Å². The number of carbonyl (C=O) groups is 1. The van der Waals surface area contributed by atoms with Crippen LogP contribution < -0.4 is 0 Å². The smallest absolute Gasteiger partial charge is 0.402 e. The molecule has 0 aliphatic rings. The van der Waals surface area contributed by atoms with Gasteiger partial charge < -0.3 is 9.52 Å². The van der Waals surface area contributed by atoms with Crippen LogP contribution in [0.4, 0.5) is 13.2 Å². The van der Waals surface area contributed by atoms with Crippen molar-refractivity contribution in [3.8, 4) is 0 Å². The second kappa shape index (κ2) is 5.44. The highest BCUT2D eigenvalue weighted by atomic mass is 32.2. The number of alkyl halides is 3. The van der Waals surface area contributed by atoms with Crippen molar-refractivity contribution in [2.45, 2.75) is 24.9 Å². The topological polar surface area (TPSA) is 87.8 Å². The van der Waals surface area contributed by atoms with E-state index in [-0.39, 0.29) is 10.1 Å². The van der Waals surface area contributed by atoms with Gasteiger partial charge in [-0.25, -0.2) is 13.2 Å². The summed E-state index contributed by atoms with van der Waals surface area (Å²) in [6, 6.07) is 0.700. The summed E-state index contributed by atoms with van der Waals surface area (Å²) in [5.74, 6) is -2.43. The lowest BCUT2D eigenvalue weighted by molar-refractivity contribution is -0.135. The molecule has 10 heteroatoms. The highest BCUT2D eigenvalue weighted by Crippen LogP contribution is 2.26. The third-order valence-corrected chi connectivity index (χ3v) is 4.44. The zero-order valence-corrected chi connectivity index (χ0v) is 11.4. The molecule has 1 N–H and O–H groups in total. The first-order chi connectivity index (χ1) is 8.99. The van der Waals surface area contributed by atoms with Crippen LogP contribution in [-0.2, 0) is 10.0 Å². The summed E-state index contributed by atoms with van der Waals surface area (Å²) in [7, 11) is -4.47. The molecule has 1 aromatic heterocycles. The number of nitrogens with zero attached hydrogens (tertiary/aromatic N) is 1. The molecule has 114 valence electrons. The summed E-state index contributed by atoms with van der Waals surface area (Å²) in [6.07, 6.45) is -4.70. The zero-order chi connectivity index (χ0) is 15.7. The molecule has 0 unspecified atom stereocenters. The maximum atomic E-state index is 12.3. The van der Waals surface area contributed by atoms with Crippen LogP contribution in [0.3, 0.4) is 0 Å². The third kappa shape index (κ3) is 3.51. The van der Waals surface area contributed by atoms with Gasteiger partial charge in [0, 0.05) is 12.6 Å². The van der Waals surface area contributed by atoms with Gasteiger partial charge in [0.2, 0.25) is 15.8 Å². The van der Waals surface area contributed by atoms with E-state index < -0.39 is 45.9 Å². The second-order valence-corrected chi connectivity index (χ2v) is 5.79. The van der Waals surface area contributed by atoms with E-state index in [0.29, 0.717) is 6.07 Å². The maximum absolute atomic E-state index is 12.3. The number of halogens is 3. The Morgan fingerprint density at radius 1 is 1.45 bits per heavy atom. The monoisotopic (exact) mass is 315 g/mol. The van der Waals surface area contributed by atoms with Gasteiger partial charge in [0.05, 0.1) is 0 Å². The molecule has 0 saturated heterocycles. The van der Waals surface area contributed by atoms with Gasteiger partial charge in [0.1, 0.15) is 17.2 Å². The minimum absolute atomic E-state index is 0.205. The summed E-state index contributed by atoms with van der Waals surface area (Å²) in [4.78, 5) is 10.1. The molecule has 0 bridgehead atoms. The van der Waals surface area contributed by atoms with Crippen LogP contribution in [0, 0.1) is 6.92 Å². The summed E-state index contributed by atoms with van der Waals surface area (Å²) in [5.41, 5.74) is 0. The minimum Gasteiger partial charge on any atom is -0.475 e. The highest BCUT2D eigenvalue weighted by molar-refractivity contribution is 7.89. The van der Waals surface area contributed by atoms with Gasteiger partial charge in [-0.3, -0.25) is 0 Å². The molecule has 0 amide bonds. The predicted octanol–water partition coefficient (Wildman–Crippen LogP) is 1.86. The third-order valence-electron chi connectivity index (χ3n) is 2.41. The number of furan rings is 1. The Labute approximate surface area is 112 Å². The van der Waals surface area contributed by atoms with Crippen LogP contribution in [-0.4, -0.2) is 43.1 Å². The predicted molar refractivity (Wildman–Crippen MR) is 60.9 cm³/mol. The fourth-order valence-corrected chi connectivity index (χ4v) is 3.13. The number of hydrogen-bond donors (Lipinski definition) is 1. The molecule has 0 atom stereocenters. The molecule has 0 fully saturated rings. The maximum Gasteiger partial charge on any atom is 0.402 e. The van der Waals surface area contributed by atoms with E-state index in [0.717, 1.165) is 0 Å². The van der Waals surface area contributed by atoms with Crippen LogP contribution in [0.1, 0.15) is 23.2 Å². The van der Waals surface area contributed by atoms with Crippen molar-refractivity contribution in [3.63, 3.8) is 0 Å². The van der Waals surface area contributed by atoms with Crippen LogP contribution in [0.5, 0.6) is 0 Å². The first-order valence-electron chi connectivity index (χ1n) is 5.39. The van der Waals surface area contributed by atoms with Crippen LogP contribution in [0.15, 0.2) is 15.4 Å². The average Bonchev–Trinajstić information content (AvgIpc) is 2.67. The van der Waals surface area contributed by atoms with Crippen molar-refractivity contribution in [3.05, 3.63) is 17.6 Å². The Morgan fingerprint density at radius 2 is 2.00 bits per heavy atom. The molecule has 0 aromatic carbocycles. The molecule has 0 spiro atoms. The number of carboxylic acid groups (broad SMARTS) is 1. The molecule has 1 aromatic rings. The Bertz CT molecular complexity index is 605. The first-order valence-corrected chi connectivity index (χ1v) is 6.83. The normalized spacial score (nSPS) is 12.9. The Kier molecular flexibility index (Phi) is 4.49. The number of aryl methyl sites for hydroxylation is 1. The second-order valence-electron chi connectivity index (χ2n) is 3.88. The van der Waals surface area contributed by atoms with E-state index >= 15 is 0 Å². The van der Waals surface area contributed by atoms with Crippen molar-refractivity contribution >= 4 is 16.0 Å². The molecular formula is C10H12F3NO5S. The Morgan fingerprint density at radius 3 is 2.35 bits per heavy atom. The van der Waals surface area contributed by atoms with Crippen molar-refractivity contribution in [2.24, 2.45) is 0 Å². The molecule has 0 saturated carbocycles. The van der Waals surface area contributed by atoms with E-state index in [9.17, 15) is 26.4 Å². The summed E-state index contributed by atoms with van der Waals surface area (Å²) < 4.78 is 66.1. The Hall–Kier alpha value is -1.55. The SMILES string of the molecule is CCN(CC(F)(F)F)S(=O)(=O)c1cc(C(=O)O)oc1C. The molecule has 0 aliphatic carbocycles. The fraction of sp³-hybridized carbons (Fsp3) is 0.500. The van der Waals surface area contributed by atoms with Crippen LogP contribution >= 0.6 is 0 Å². The van der Waals surface area contributed by atoms with E-state index in [1.165, 1.54) is 13.8 Å². The quantitative estimate of drug-likeness (QED) is 0.896. The van der Waals surface area contributed by atoms with Crippen molar-refractivity contribution in [2.75, 3.05) is 13.1 Å². The van der Waals surface area contributed by atoms with Gasteiger partial charge in [-0.1, -0.05) is 6.92 Å². The standard InChI is InChI=1S/C10H12F3NO5S/c1-3-14(5-10(11,12)13)20(17,18)8-4-7(9(15)16)19-6(8)2/h4H,3,5H2,1-2H3,(H,15,16). The summed E-state index contributed by atoms with van der Waals surface area (Å²) >= 11 is 0. The lowest BCUT2D eigenvalue weighted by Gasteiger charge is -2.21. The first kappa shape index (κ1) is 16.5. The van der Waals surface area contributed by atoms with Gasteiger partial charge in [-0.2, -0.15) is 17.5 Å². The largest absolute Gasteiger partial charge is 0.475 e. The number of carboxylic acids is 1. The number of sulfonamides is 1. The molecule has 0 radical (unpaired) electrons. The molecule has 1 rings (SSSR count). The summed E-state index contributed by atoms with van der Waals surface area (Å²) in [6.45, 7) is 0.352. The van der Waals surface area contributed by atoms with Gasteiger partial charge in [-0.05, 0) is 6.92 Å².